The number of nitrogens with one attached hydrogen (secondary N) is 1. The van der Waals surface area contributed by atoms with Crippen molar-refractivity contribution in [3.05, 3.63) is 69.8 Å². The number of anilines is 1. The number of nitro benzene ring substituents is 1. The highest BCUT2D eigenvalue weighted by atomic mass is 16.6. The SMILES string of the molecule is CC(C)N1C(=O)NC(=O)[C@]2(Cc3cc([N+](=O)[O-])ccc3N(C)[C@@H]2c2ccccc2)C1=O. The number of carbonyl (C=O) groups is 3. The fraction of sp³-hybridized carbons (Fsp3) is 0.318. The fourth-order valence-corrected chi connectivity index (χ4v) is 4.72. The lowest BCUT2D eigenvalue weighted by Crippen LogP contribution is -2.70. The molecule has 1 N–H and O–H groups in total. The van der Waals surface area contributed by atoms with E-state index in [-0.39, 0.29) is 12.1 Å². The van der Waals surface area contributed by atoms with Crippen LogP contribution < -0.4 is 10.2 Å². The summed E-state index contributed by atoms with van der Waals surface area (Å²) in [7, 11) is 1.75. The van der Waals surface area contributed by atoms with E-state index < -0.39 is 40.3 Å². The largest absolute Gasteiger partial charge is 0.366 e. The summed E-state index contributed by atoms with van der Waals surface area (Å²) >= 11 is 0. The number of non-ortho nitro benzene ring substituents is 1. The molecular formula is C22H22N4O5. The lowest BCUT2D eigenvalue weighted by atomic mass is 9.66. The van der Waals surface area contributed by atoms with Crippen LogP contribution in [0, 0.1) is 15.5 Å². The highest BCUT2D eigenvalue weighted by Gasteiger charge is 2.62. The summed E-state index contributed by atoms with van der Waals surface area (Å²) in [4.78, 5) is 53.3. The molecule has 2 atom stereocenters. The van der Waals surface area contributed by atoms with Crippen molar-refractivity contribution in [1.29, 1.82) is 0 Å². The van der Waals surface area contributed by atoms with Crippen molar-refractivity contribution in [3.63, 3.8) is 0 Å². The second kappa shape index (κ2) is 7.19. The Bertz CT molecular complexity index is 1100. The maximum Gasteiger partial charge on any atom is 0.331 e. The first-order valence-corrected chi connectivity index (χ1v) is 9.92. The Morgan fingerprint density at radius 1 is 1.13 bits per heavy atom. The minimum atomic E-state index is -1.66. The number of carbonyl (C=O) groups excluding carboxylic acids is 3. The summed E-state index contributed by atoms with van der Waals surface area (Å²) in [6, 6.07) is 11.6. The van der Waals surface area contributed by atoms with Crippen molar-refractivity contribution in [2.24, 2.45) is 5.41 Å². The Balaban J connectivity index is 1.98. The molecule has 9 heteroatoms. The monoisotopic (exact) mass is 422 g/mol. The molecule has 0 unspecified atom stereocenters. The van der Waals surface area contributed by atoms with Crippen LogP contribution in [0.25, 0.3) is 0 Å². The van der Waals surface area contributed by atoms with Crippen LogP contribution in [0.15, 0.2) is 48.5 Å². The second-order valence-corrected chi connectivity index (χ2v) is 8.17. The third-order valence-corrected chi connectivity index (χ3v) is 6.05. The second-order valence-electron chi connectivity index (χ2n) is 8.17. The number of hydrogen-bond acceptors (Lipinski definition) is 6. The average Bonchev–Trinajstić information content (AvgIpc) is 2.72. The molecule has 2 aliphatic heterocycles. The molecule has 0 aliphatic carbocycles. The molecule has 0 bridgehead atoms. The number of benzene rings is 2. The van der Waals surface area contributed by atoms with Crippen molar-refractivity contribution in [2.45, 2.75) is 32.4 Å². The van der Waals surface area contributed by atoms with E-state index in [1.54, 1.807) is 31.9 Å². The lowest BCUT2D eigenvalue weighted by molar-refractivity contribution is -0.384. The van der Waals surface area contributed by atoms with Gasteiger partial charge in [0, 0.05) is 37.3 Å². The molecule has 4 amide bonds. The van der Waals surface area contributed by atoms with Crippen LogP contribution in [0.1, 0.15) is 31.0 Å². The van der Waals surface area contributed by atoms with Gasteiger partial charge in [0.2, 0.25) is 11.8 Å². The molecule has 1 fully saturated rings. The number of amides is 4. The molecule has 1 spiro atoms. The van der Waals surface area contributed by atoms with Gasteiger partial charge in [-0.1, -0.05) is 30.3 Å². The molecule has 0 radical (unpaired) electrons. The van der Waals surface area contributed by atoms with Gasteiger partial charge in [-0.3, -0.25) is 29.9 Å². The van der Waals surface area contributed by atoms with Crippen molar-refractivity contribution in [2.75, 3.05) is 11.9 Å². The summed E-state index contributed by atoms with van der Waals surface area (Å²) in [6.07, 6.45) is -0.0604. The molecule has 9 nitrogen and oxygen atoms in total. The molecule has 0 saturated carbocycles. The molecular weight excluding hydrogens is 400 g/mol. The van der Waals surface area contributed by atoms with Crippen molar-refractivity contribution < 1.29 is 19.3 Å². The van der Waals surface area contributed by atoms with Crippen LogP contribution >= 0.6 is 0 Å². The first-order valence-electron chi connectivity index (χ1n) is 9.92. The van der Waals surface area contributed by atoms with Gasteiger partial charge in [0.05, 0.1) is 11.0 Å². The van der Waals surface area contributed by atoms with E-state index in [2.05, 4.69) is 5.32 Å². The highest BCUT2D eigenvalue weighted by Crippen LogP contribution is 2.51. The van der Waals surface area contributed by atoms with Gasteiger partial charge in [-0.2, -0.15) is 0 Å². The Labute approximate surface area is 178 Å². The molecule has 2 aromatic carbocycles. The van der Waals surface area contributed by atoms with Gasteiger partial charge in [0.15, 0.2) is 5.41 Å². The number of urea groups is 1. The van der Waals surface area contributed by atoms with E-state index >= 15 is 0 Å². The number of barbiturate groups is 1. The number of nitro groups is 1. The molecule has 2 aromatic rings. The molecule has 31 heavy (non-hydrogen) atoms. The normalized spacial score (nSPS) is 23.2. The number of rotatable bonds is 3. The van der Waals surface area contributed by atoms with E-state index in [0.29, 0.717) is 11.3 Å². The Hall–Kier alpha value is -3.75. The average molecular weight is 422 g/mol. The minimum absolute atomic E-state index is 0.0604. The maximum atomic E-state index is 13.8. The smallest absolute Gasteiger partial charge is 0.331 e. The summed E-state index contributed by atoms with van der Waals surface area (Å²) in [5.74, 6) is -1.30. The number of nitrogens with zero attached hydrogens (tertiary/aromatic N) is 3. The first-order chi connectivity index (χ1) is 14.7. The standard InChI is InChI=1S/C22H22N4O5/c1-13(2)25-20(28)22(19(27)23-21(25)29)12-15-11-16(26(30)31)9-10-17(15)24(3)18(22)14-7-5-4-6-8-14/h4-11,13,18H,12H2,1-3H3,(H,23,27,29)/t18-,22-/m1/s1. The summed E-state index contributed by atoms with van der Waals surface area (Å²) in [6.45, 7) is 3.40. The van der Waals surface area contributed by atoms with E-state index in [1.165, 1.54) is 12.1 Å². The maximum absolute atomic E-state index is 13.8. The fourth-order valence-electron chi connectivity index (χ4n) is 4.72. The summed E-state index contributed by atoms with van der Waals surface area (Å²) in [5, 5.41) is 13.7. The molecule has 1 saturated heterocycles. The third kappa shape index (κ3) is 2.96. The van der Waals surface area contributed by atoms with Crippen molar-refractivity contribution >= 4 is 29.2 Å². The van der Waals surface area contributed by atoms with E-state index in [4.69, 9.17) is 0 Å². The lowest BCUT2D eigenvalue weighted by Gasteiger charge is -2.51. The number of imide groups is 2. The van der Waals surface area contributed by atoms with Gasteiger partial charge in [0.25, 0.3) is 5.69 Å². The number of fused-ring (bicyclic) bond motifs is 1. The van der Waals surface area contributed by atoms with Crippen LogP contribution in [0.2, 0.25) is 0 Å². The molecule has 0 aromatic heterocycles. The van der Waals surface area contributed by atoms with Crippen LogP contribution in [0.4, 0.5) is 16.2 Å². The first kappa shape index (κ1) is 20.5. The van der Waals surface area contributed by atoms with Gasteiger partial charge < -0.3 is 4.90 Å². The molecule has 4 rings (SSSR count). The Morgan fingerprint density at radius 3 is 2.42 bits per heavy atom. The zero-order valence-electron chi connectivity index (χ0n) is 17.4. The van der Waals surface area contributed by atoms with E-state index in [1.807, 2.05) is 30.3 Å². The van der Waals surface area contributed by atoms with Crippen molar-refractivity contribution in [1.82, 2.24) is 10.2 Å². The minimum Gasteiger partial charge on any atom is -0.366 e. The van der Waals surface area contributed by atoms with Gasteiger partial charge in [-0.25, -0.2) is 4.79 Å². The van der Waals surface area contributed by atoms with Crippen LogP contribution in [0.3, 0.4) is 0 Å². The molecule has 2 aliphatic rings. The van der Waals surface area contributed by atoms with Gasteiger partial charge >= 0.3 is 6.03 Å². The van der Waals surface area contributed by atoms with Gasteiger partial charge in [-0.05, 0) is 31.0 Å². The van der Waals surface area contributed by atoms with E-state index in [9.17, 15) is 24.5 Å². The predicted molar refractivity (Wildman–Crippen MR) is 112 cm³/mol. The number of hydrogen-bond donors (Lipinski definition) is 1. The quantitative estimate of drug-likeness (QED) is 0.462. The third-order valence-electron chi connectivity index (χ3n) is 6.05. The van der Waals surface area contributed by atoms with Gasteiger partial charge in [0.1, 0.15) is 0 Å². The van der Waals surface area contributed by atoms with Crippen LogP contribution in [-0.4, -0.2) is 40.8 Å². The summed E-state index contributed by atoms with van der Waals surface area (Å²) in [5.41, 5.74) is 0.150. The summed E-state index contributed by atoms with van der Waals surface area (Å²) < 4.78 is 0. The topological polar surface area (TPSA) is 113 Å². The predicted octanol–water partition coefficient (Wildman–Crippen LogP) is 2.80. The zero-order chi connectivity index (χ0) is 22.5. The molecule has 160 valence electrons. The molecule has 2 heterocycles. The van der Waals surface area contributed by atoms with Crippen LogP contribution in [-0.2, 0) is 16.0 Å². The van der Waals surface area contributed by atoms with Crippen LogP contribution in [0.5, 0.6) is 0 Å². The Kier molecular flexibility index (Phi) is 4.76. The van der Waals surface area contributed by atoms with E-state index in [0.717, 1.165) is 10.5 Å². The van der Waals surface area contributed by atoms with Gasteiger partial charge in [-0.15, -0.1) is 0 Å². The zero-order valence-corrected chi connectivity index (χ0v) is 17.4. The van der Waals surface area contributed by atoms with Crippen molar-refractivity contribution in [3.8, 4) is 0 Å². The Morgan fingerprint density at radius 2 is 1.81 bits per heavy atom. The highest BCUT2D eigenvalue weighted by molar-refractivity contribution is 6.20.